The van der Waals surface area contributed by atoms with Gasteiger partial charge in [0.15, 0.2) is 11.5 Å². The van der Waals surface area contributed by atoms with Crippen LogP contribution in [-0.4, -0.2) is 57.6 Å². The van der Waals surface area contributed by atoms with E-state index in [-0.39, 0.29) is 6.04 Å². The van der Waals surface area contributed by atoms with Gasteiger partial charge in [-0.1, -0.05) is 0 Å². The van der Waals surface area contributed by atoms with Crippen LogP contribution in [0.15, 0.2) is 18.2 Å². The van der Waals surface area contributed by atoms with Crippen molar-refractivity contribution in [3.8, 4) is 6.07 Å². The van der Waals surface area contributed by atoms with Gasteiger partial charge in [0.25, 0.3) is 0 Å². The van der Waals surface area contributed by atoms with Crippen LogP contribution in [0.2, 0.25) is 0 Å². The molecule has 2 aliphatic heterocycles. The molecule has 9 nitrogen and oxygen atoms in total. The van der Waals surface area contributed by atoms with Gasteiger partial charge < -0.3 is 14.5 Å². The van der Waals surface area contributed by atoms with Gasteiger partial charge in [-0.05, 0) is 25.1 Å². The molecule has 0 saturated carbocycles. The average Bonchev–Trinajstić information content (AvgIpc) is 3.06. The Bertz CT molecular complexity index is 1100. The topological polar surface area (TPSA) is 95.5 Å². The maximum absolute atomic E-state index is 9.59. The van der Waals surface area contributed by atoms with Crippen molar-refractivity contribution in [3.05, 3.63) is 40.8 Å². The number of ether oxygens (including phenoxy) is 1. The number of nitriles is 1. The molecule has 0 spiro atoms. The zero-order valence-electron chi connectivity index (χ0n) is 15.8. The first kappa shape index (κ1) is 16.9. The zero-order valence-corrected chi connectivity index (χ0v) is 15.8. The van der Waals surface area contributed by atoms with Gasteiger partial charge in [-0.3, -0.25) is 0 Å². The summed E-state index contributed by atoms with van der Waals surface area (Å²) in [6, 6.07) is 8.39. The highest BCUT2D eigenvalue weighted by molar-refractivity contribution is 5.58. The number of hydrogen-bond acceptors (Lipinski definition) is 8. The maximum Gasteiger partial charge on any atom is 0.178 e. The summed E-state index contributed by atoms with van der Waals surface area (Å²) in [5, 5.41) is 22.3. The van der Waals surface area contributed by atoms with Gasteiger partial charge in [0, 0.05) is 32.1 Å². The first-order valence-corrected chi connectivity index (χ1v) is 9.31. The zero-order chi connectivity index (χ0) is 19.3. The van der Waals surface area contributed by atoms with Crippen LogP contribution < -0.4 is 9.80 Å². The maximum atomic E-state index is 9.59. The third-order valence-electron chi connectivity index (χ3n) is 5.50. The molecule has 1 fully saturated rings. The highest BCUT2D eigenvalue weighted by atomic mass is 16.5. The SMILES string of the molecule is Cc1nnc2ccc(N3CC(N(C)c4nc5c(cc4C#N)COCC5)C3)nn12. The Labute approximate surface area is 162 Å². The molecule has 0 aromatic carbocycles. The summed E-state index contributed by atoms with van der Waals surface area (Å²) in [4.78, 5) is 9.12. The normalized spacial score (nSPS) is 16.5. The summed E-state index contributed by atoms with van der Waals surface area (Å²) in [5.41, 5.74) is 3.41. The van der Waals surface area contributed by atoms with Gasteiger partial charge in [-0.2, -0.15) is 9.78 Å². The van der Waals surface area contributed by atoms with E-state index in [2.05, 4.69) is 31.2 Å². The minimum atomic E-state index is 0.275. The van der Waals surface area contributed by atoms with Crippen LogP contribution in [0.5, 0.6) is 0 Å². The Morgan fingerprint density at radius 2 is 2.14 bits per heavy atom. The molecule has 0 atom stereocenters. The second-order valence-corrected chi connectivity index (χ2v) is 7.26. The van der Waals surface area contributed by atoms with Crippen molar-refractivity contribution >= 4 is 17.3 Å². The van der Waals surface area contributed by atoms with Crippen molar-refractivity contribution < 1.29 is 4.74 Å². The summed E-state index contributed by atoms with van der Waals surface area (Å²) >= 11 is 0. The molecule has 0 unspecified atom stereocenters. The Balaban J connectivity index is 1.35. The molecule has 142 valence electrons. The molecule has 28 heavy (non-hydrogen) atoms. The lowest BCUT2D eigenvalue weighted by atomic mass is 10.0. The lowest BCUT2D eigenvalue weighted by Gasteiger charge is -2.45. The fourth-order valence-electron chi connectivity index (χ4n) is 3.74. The Morgan fingerprint density at radius 3 is 2.96 bits per heavy atom. The predicted molar refractivity (Wildman–Crippen MR) is 102 cm³/mol. The Hall–Kier alpha value is -3.25. The van der Waals surface area contributed by atoms with Crippen molar-refractivity contribution in [2.75, 3.05) is 36.5 Å². The summed E-state index contributed by atoms with van der Waals surface area (Å²) in [5.74, 6) is 2.42. The molecule has 0 bridgehead atoms. The van der Waals surface area contributed by atoms with E-state index >= 15 is 0 Å². The molecule has 0 amide bonds. The molecule has 5 rings (SSSR count). The number of aryl methyl sites for hydroxylation is 1. The molecule has 0 N–H and O–H groups in total. The number of pyridine rings is 1. The second kappa shape index (κ2) is 6.42. The van der Waals surface area contributed by atoms with Gasteiger partial charge in [0.1, 0.15) is 17.7 Å². The number of anilines is 2. The van der Waals surface area contributed by atoms with Crippen LogP contribution in [0.25, 0.3) is 5.65 Å². The summed E-state index contributed by atoms with van der Waals surface area (Å²) in [6.45, 7) is 4.75. The average molecular weight is 376 g/mol. The van der Waals surface area contributed by atoms with Crippen LogP contribution in [0.4, 0.5) is 11.6 Å². The highest BCUT2D eigenvalue weighted by Crippen LogP contribution is 2.28. The molecule has 3 aromatic heterocycles. The number of hydrogen-bond donors (Lipinski definition) is 0. The minimum Gasteiger partial charge on any atom is -0.376 e. The van der Waals surface area contributed by atoms with Crippen molar-refractivity contribution in [1.82, 2.24) is 24.8 Å². The Kier molecular flexibility index (Phi) is 3.87. The lowest BCUT2D eigenvalue weighted by molar-refractivity contribution is 0.109. The van der Waals surface area contributed by atoms with Gasteiger partial charge in [-0.25, -0.2) is 4.98 Å². The van der Waals surface area contributed by atoms with Gasteiger partial charge in [0.05, 0.1) is 30.5 Å². The largest absolute Gasteiger partial charge is 0.376 e. The molecule has 9 heteroatoms. The molecule has 2 aliphatic rings. The third-order valence-corrected chi connectivity index (χ3v) is 5.50. The van der Waals surface area contributed by atoms with E-state index in [1.807, 2.05) is 32.2 Å². The first-order chi connectivity index (χ1) is 13.6. The molecular weight excluding hydrogens is 356 g/mol. The van der Waals surface area contributed by atoms with Crippen LogP contribution in [0.1, 0.15) is 22.6 Å². The van der Waals surface area contributed by atoms with E-state index in [1.165, 1.54) is 0 Å². The van der Waals surface area contributed by atoms with E-state index in [9.17, 15) is 5.26 Å². The molecule has 0 radical (unpaired) electrons. The van der Waals surface area contributed by atoms with E-state index in [4.69, 9.17) is 9.72 Å². The fourth-order valence-corrected chi connectivity index (χ4v) is 3.74. The number of likely N-dealkylation sites (N-methyl/N-ethyl adjacent to an activating group) is 1. The van der Waals surface area contributed by atoms with Crippen LogP contribution in [0, 0.1) is 18.3 Å². The number of nitrogens with zero attached hydrogens (tertiary/aromatic N) is 8. The van der Waals surface area contributed by atoms with Crippen molar-refractivity contribution in [2.24, 2.45) is 0 Å². The highest BCUT2D eigenvalue weighted by Gasteiger charge is 2.33. The number of aromatic nitrogens is 5. The fraction of sp³-hybridized carbons (Fsp3) is 0.421. The second-order valence-electron chi connectivity index (χ2n) is 7.26. The van der Waals surface area contributed by atoms with E-state index in [0.717, 1.165) is 53.9 Å². The molecular formula is C19H20N8O. The number of rotatable bonds is 3. The van der Waals surface area contributed by atoms with Crippen LogP contribution >= 0.6 is 0 Å². The Morgan fingerprint density at radius 1 is 1.29 bits per heavy atom. The summed E-state index contributed by atoms with van der Waals surface area (Å²) < 4.78 is 7.24. The standard InChI is InChI=1S/C19H20N8O/c1-12-22-23-17-3-4-18(24-27(12)17)26-9-15(10-26)25(2)19-13(8-20)7-14-11-28-6-5-16(14)21-19/h3-4,7,15H,5-6,9-11H2,1-2H3. The van der Waals surface area contributed by atoms with Crippen molar-refractivity contribution in [2.45, 2.75) is 26.0 Å². The van der Waals surface area contributed by atoms with E-state index in [1.54, 1.807) is 4.52 Å². The van der Waals surface area contributed by atoms with Gasteiger partial charge >= 0.3 is 0 Å². The minimum absolute atomic E-state index is 0.275. The molecule has 5 heterocycles. The predicted octanol–water partition coefficient (Wildman–Crippen LogP) is 1.10. The van der Waals surface area contributed by atoms with Crippen molar-refractivity contribution in [1.29, 1.82) is 5.26 Å². The summed E-state index contributed by atoms with van der Waals surface area (Å²) in [6.07, 6.45) is 0.793. The molecule has 3 aromatic rings. The summed E-state index contributed by atoms with van der Waals surface area (Å²) in [7, 11) is 2.01. The number of fused-ring (bicyclic) bond motifs is 2. The van der Waals surface area contributed by atoms with E-state index in [0.29, 0.717) is 18.8 Å². The van der Waals surface area contributed by atoms with E-state index < -0.39 is 0 Å². The van der Waals surface area contributed by atoms with Gasteiger partial charge in [0.2, 0.25) is 0 Å². The van der Waals surface area contributed by atoms with Crippen LogP contribution in [-0.2, 0) is 17.8 Å². The van der Waals surface area contributed by atoms with Crippen LogP contribution in [0.3, 0.4) is 0 Å². The molecule has 0 aliphatic carbocycles. The van der Waals surface area contributed by atoms with Crippen molar-refractivity contribution in [3.63, 3.8) is 0 Å². The third kappa shape index (κ3) is 2.65. The quantitative estimate of drug-likeness (QED) is 0.670. The molecule has 1 saturated heterocycles. The monoisotopic (exact) mass is 376 g/mol. The smallest absolute Gasteiger partial charge is 0.178 e. The first-order valence-electron chi connectivity index (χ1n) is 9.31. The lowest BCUT2D eigenvalue weighted by Crippen LogP contribution is -2.59. The van der Waals surface area contributed by atoms with Gasteiger partial charge in [-0.15, -0.1) is 15.3 Å².